The van der Waals surface area contributed by atoms with E-state index in [-0.39, 0.29) is 15.4 Å². The van der Waals surface area contributed by atoms with Crippen LogP contribution in [0.3, 0.4) is 0 Å². The van der Waals surface area contributed by atoms with Gasteiger partial charge in [0.1, 0.15) is 5.75 Å². The molecule has 196 valence electrons. The van der Waals surface area contributed by atoms with Crippen LogP contribution in [-0.4, -0.2) is 29.9 Å². The number of amides is 1. The molecule has 0 aromatic heterocycles. The summed E-state index contributed by atoms with van der Waals surface area (Å²) in [4.78, 5) is 12.8. The number of sulfonamides is 2. The van der Waals surface area contributed by atoms with Crippen molar-refractivity contribution in [1.82, 2.24) is 0 Å². The monoisotopic (exact) mass is 551 g/mol. The molecule has 4 aromatic rings. The first-order valence-electron chi connectivity index (χ1n) is 11.3. The SMILES string of the molecule is COc1ccc(NS(=O)(=O)c2ccc(NC(=O)c3ccc(C)c(S(=O)(=O)Nc4ccccc4)c3)cc2)cc1. The number of carbonyl (C=O) groups is 1. The first-order valence-corrected chi connectivity index (χ1v) is 14.3. The molecular weight excluding hydrogens is 526 g/mol. The van der Waals surface area contributed by atoms with Gasteiger partial charge in [0.05, 0.1) is 16.9 Å². The second-order valence-electron chi connectivity index (χ2n) is 8.26. The van der Waals surface area contributed by atoms with Crippen molar-refractivity contribution in [3.63, 3.8) is 0 Å². The van der Waals surface area contributed by atoms with Crippen molar-refractivity contribution in [2.45, 2.75) is 16.7 Å². The molecular formula is C27H25N3O6S2. The first-order chi connectivity index (χ1) is 18.1. The minimum absolute atomic E-state index is 0.00187. The summed E-state index contributed by atoms with van der Waals surface area (Å²) in [6.45, 7) is 1.64. The molecule has 1 amide bonds. The summed E-state index contributed by atoms with van der Waals surface area (Å²) in [7, 11) is -6.28. The van der Waals surface area contributed by atoms with E-state index in [0.29, 0.717) is 28.4 Å². The lowest BCUT2D eigenvalue weighted by atomic mass is 10.1. The molecule has 0 atom stereocenters. The second-order valence-corrected chi connectivity index (χ2v) is 11.6. The average Bonchev–Trinajstić information content (AvgIpc) is 2.89. The van der Waals surface area contributed by atoms with Gasteiger partial charge >= 0.3 is 0 Å². The molecule has 4 aromatic carbocycles. The number of anilines is 3. The van der Waals surface area contributed by atoms with Gasteiger partial charge in [0.25, 0.3) is 26.0 Å². The third-order valence-corrected chi connectivity index (χ3v) is 8.45. The zero-order chi connectivity index (χ0) is 27.3. The smallest absolute Gasteiger partial charge is 0.262 e. The van der Waals surface area contributed by atoms with Crippen LogP contribution in [0.4, 0.5) is 17.1 Å². The van der Waals surface area contributed by atoms with Crippen LogP contribution in [0.25, 0.3) is 0 Å². The Morgan fingerprint density at radius 2 is 1.26 bits per heavy atom. The van der Waals surface area contributed by atoms with E-state index in [2.05, 4.69) is 14.8 Å². The number of nitrogens with one attached hydrogen (secondary N) is 3. The molecule has 38 heavy (non-hydrogen) atoms. The largest absolute Gasteiger partial charge is 0.497 e. The summed E-state index contributed by atoms with van der Waals surface area (Å²) in [5, 5.41) is 2.66. The Morgan fingerprint density at radius 1 is 0.684 bits per heavy atom. The number of hydrogen-bond donors (Lipinski definition) is 3. The lowest BCUT2D eigenvalue weighted by molar-refractivity contribution is 0.102. The van der Waals surface area contributed by atoms with Gasteiger partial charge in [-0.15, -0.1) is 0 Å². The van der Waals surface area contributed by atoms with E-state index in [9.17, 15) is 21.6 Å². The average molecular weight is 552 g/mol. The van der Waals surface area contributed by atoms with Gasteiger partial charge in [0, 0.05) is 22.6 Å². The Morgan fingerprint density at radius 3 is 1.89 bits per heavy atom. The van der Waals surface area contributed by atoms with Gasteiger partial charge in [-0.05, 0) is 85.3 Å². The Labute approximate surface area is 221 Å². The van der Waals surface area contributed by atoms with Crippen molar-refractivity contribution < 1.29 is 26.4 Å². The van der Waals surface area contributed by atoms with Gasteiger partial charge in [0.2, 0.25) is 0 Å². The highest BCUT2D eigenvalue weighted by Crippen LogP contribution is 2.23. The normalized spacial score (nSPS) is 11.4. The zero-order valence-electron chi connectivity index (χ0n) is 20.5. The molecule has 0 spiro atoms. The highest BCUT2D eigenvalue weighted by Gasteiger charge is 2.20. The summed E-state index contributed by atoms with van der Waals surface area (Å²) in [6.07, 6.45) is 0. The van der Waals surface area contributed by atoms with Crippen LogP contribution in [0.1, 0.15) is 15.9 Å². The molecule has 0 radical (unpaired) electrons. The quantitative estimate of drug-likeness (QED) is 0.272. The Hall–Kier alpha value is -4.35. The minimum Gasteiger partial charge on any atom is -0.497 e. The molecule has 0 aliphatic rings. The Bertz CT molecular complexity index is 1650. The highest BCUT2D eigenvalue weighted by molar-refractivity contribution is 7.93. The fourth-order valence-corrected chi connectivity index (χ4v) is 5.93. The van der Waals surface area contributed by atoms with E-state index < -0.39 is 26.0 Å². The predicted molar refractivity (Wildman–Crippen MR) is 147 cm³/mol. The molecule has 0 saturated carbocycles. The van der Waals surface area contributed by atoms with Crippen LogP contribution < -0.4 is 19.5 Å². The van der Waals surface area contributed by atoms with Gasteiger partial charge in [-0.3, -0.25) is 14.2 Å². The molecule has 0 fully saturated rings. The Kier molecular flexibility index (Phi) is 7.70. The molecule has 0 aliphatic heterocycles. The van der Waals surface area contributed by atoms with Gasteiger partial charge in [0.15, 0.2) is 0 Å². The van der Waals surface area contributed by atoms with E-state index in [1.165, 1.54) is 43.5 Å². The molecule has 4 rings (SSSR count). The van der Waals surface area contributed by atoms with Crippen molar-refractivity contribution >= 4 is 43.0 Å². The van der Waals surface area contributed by atoms with Gasteiger partial charge in [-0.25, -0.2) is 16.8 Å². The number of rotatable bonds is 9. The third kappa shape index (κ3) is 6.31. The number of aryl methyl sites for hydroxylation is 1. The van der Waals surface area contributed by atoms with E-state index in [0.717, 1.165) is 0 Å². The van der Waals surface area contributed by atoms with Crippen molar-refractivity contribution in [3.05, 3.63) is 108 Å². The third-order valence-electron chi connectivity index (χ3n) is 5.53. The van der Waals surface area contributed by atoms with E-state index >= 15 is 0 Å². The maximum absolute atomic E-state index is 12.9. The summed E-state index contributed by atoms with van der Waals surface area (Å²) in [6, 6.07) is 24.8. The number of ether oxygens (including phenoxy) is 1. The lowest BCUT2D eigenvalue weighted by Gasteiger charge is -2.13. The van der Waals surface area contributed by atoms with Crippen LogP contribution in [0.5, 0.6) is 5.75 Å². The lowest BCUT2D eigenvalue weighted by Crippen LogP contribution is -2.17. The predicted octanol–water partition coefficient (Wildman–Crippen LogP) is 4.86. The fraction of sp³-hybridized carbons (Fsp3) is 0.0741. The highest BCUT2D eigenvalue weighted by atomic mass is 32.2. The number of methoxy groups -OCH3 is 1. The maximum Gasteiger partial charge on any atom is 0.262 e. The first kappa shape index (κ1) is 26.7. The number of benzene rings is 4. The summed E-state index contributed by atoms with van der Waals surface area (Å²) in [5.74, 6) is 0.0481. The van der Waals surface area contributed by atoms with Crippen LogP contribution >= 0.6 is 0 Å². The fourth-order valence-electron chi connectivity index (χ4n) is 3.54. The minimum atomic E-state index is -3.94. The number of carbonyl (C=O) groups excluding carboxylic acids is 1. The second kappa shape index (κ2) is 11.0. The van der Waals surface area contributed by atoms with Gasteiger partial charge < -0.3 is 10.1 Å². The standard InChI is InChI=1S/C27H25N3O6S2/c1-19-8-9-20(18-26(19)38(34,35)30-22-6-4-3-5-7-22)27(31)28-21-12-16-25(17-13-21)37(32,33)29-23-10-14-24(36-2)15-11-23/h3-18,29-30H,1-2H3,(H,28,31). The van der Waals surface area contributed by atoms with Crippen LogP contribution in [0.15, 0.2) is 107 Å². The van der Waals surface area contributed by atoms with Crippen LogP contribution in [0.2, 0.25) is 0 Å². The molecule has 0 saturated heterocycles. The van der Waals surface area contributed by atoms with Gasteiger partial charge in [-0.2, -0.15) is 0 Å². The van der Waals surface area contributed by atoms with Crippen molar-refractivity contribution in [1.29, 1.82) is 0 Å². The maximum atomic E-state index is 12.9. The molecule has 9 nitrogen and oxygen atoms in total. The van der Waals surface area contributed by atoms with E-state index in [1.807, 2.05) is 0 Å². The molecule has 3 N–H and O–H groups in total. The number of hydrogen-bond acceptors (Lipinski definition) is 6. The summed E-state index contributed by atoms with van der Waals surface area (Å²) in [5.41, 5.74) is 1.71. The van der Waals surface area contributed by atoms with Gasteiger partial charge in [-0.1, -0.05) is 24.3 Å². The summed E-state index contributed by atoms with van der Waals surface area (Å²) < 4.78 is 61.4. The molecule has 0 bridgehead atoms. The molecule has 11 heteroatoms. The number of para-hydroxylation sites is 1. The Balaban J connectivity index is 1.48. The van der Waals surface area contributed by atoms with Crippen LogP contribution in [-0.2, 0) is 20.0 Å². The topological polar surface area (TPSA) is 131 Å². The molecule has 0 unspecified atom stereocenters. The molecule has 0 aliphatic carbocycles. The zero-order valence-corrected chi connectivity index (χ0v) is 22.1. The molecule has 0 heterocycles. The van der Waals surface area contributed by atoms with Crippen molar-refractivity contribution in [2.24, 2.45) is 0 Å². The van der Waals surface area contributed by atoms with E-state index in [4.69, 9.17) is 4.74 Å². The van der Waals surface area contributed by atoms with Crippen molar-refractivity contribution in [3.8, 4) is 5.75 Å². The summed E-state index contributed by atoms with van der Waals surface area (Å²) >= 11 is 0. The van der Waals surface area contributed by atoms with Crippen LogP contribution in [0, 0.1) is 6.92 Å². The van der Waals surface area contributed by atoms with E-state index in [1.54, 1.807) is 67.6 Å². The van der Waals surface area contributed by atoms with Crippen molar-refractivity contribution in [2.75, 3.05) is 21.9 Å².